The summed E-state index contributed by atoms with van der Waals surface area (Å²) in [5, 5.41) is 9.31. The van der Waals surface area contributed by atoms with Crippen molar-refractivity contribution in [3.8, 4) is 5.69 Å². The molecule has 2 aromatic heterocycles. The zero-order chi connectivity index (χ0) is 35.8. The predicted molar refractivity (Wildman–Crippen MR) is 233 cm³/mol. The molecule has 54 heavy (non-hydrogen) atoms. The van der Waals surface area contributed by atoms with Gasteiger partial charge in [0.25, 0.3) is 0 Å². The number of nitrogens with zero attached hydrogens (tertiary/aromatic N) is 2. The summed E-state index contributed by atoms with van der Waals surface area (Å²) in [6.07, 6.45) is 13.2. The minimum absolute atomic E-state index is 0.288. The fourth-order valence-electron chi connectivity index (χ4n) is 9.63. The van der Waals surface area contributed by atoms with E-state index in [1.165, 1.54) is 106 Å². The lowest BCUT2D eigenvalue weighted by molar-refractivity contribution is 0.631. The van der Waals surface area contributed by atoms with E-state index < -0.39 is 0 Å². The van der Waals surface area contributed by atoms with Gasteiger partial charge in [-0.3, -0.25) is 0 Å². The highest BCUT2D eigenvalue weighted by Crippen LogP contribution is 2.47. The molecule has 2 aliphatic rings. The van der Waals surface area contributed by atoms with Crippen LogP contribution < -0.4 is 4.90 Å². The average molecular weight is 713 g/mol. The van der Waals surface area contributed by atoms with Crippen LogP contribution in [-0.2, 0) is 0 Å². The molecule has 9 aromatic rings. The van der Waals surface area contributed by atoms with Crippen molar-refractivity contribution in [2.75, 3.05) is 4.90 Å². The molecule has 0 saturated carbocycles. The molecule has 0 N–H and O–H groups in total. The van der Waals surface area contributed by atoms with Crippen LogP contribution in [0.15, 0.2) is 164 Å². The maximum absolute atomic E-state index is 2.52. The fraction of sp³-hybridized carbons (Fsp3) is 0.137. The Morgan fingerprint density at radius 1 is 0.630 bits per heavy atom. The molecule has 11 rings (SSSR count). The molecule has 260 valence electrons. The van der Waals surface area contributed by atoms with Gasteiger partial charge in [0.15, 0.2) is 0 Å². The highest BCUT2D eigenvalue weighted by molar-refractivity contribution is 7.26. The molecule has 0 amide bonds. The molecule has 2 heterocycles. The van der Waals surface area contributed by atoms with Gasteiger partial charge in [0.05, 0.1) is 17.3 Å². The predicted octanol–water partition coefficient (Wildman–Crippen LogP) is 14.5. The van der Waals surface area contributed by atoms with Gasteiger partial charge < -0.3 is 9.47 Å². The van der Waals surface area contributed by atoms with Crippen LogP contribution in [0.3, 0.4) is 0 Å². The smallest absolute Gasteiger partial charge is 0.0537 e. The van der Waals surface area contributed by atoms with E-state index in [1.807, 2.05) is 11.3 Å². The Morgan fingerprint density at radius 2 is 1.39 bits per heavy atom. The van der Waals surface area contributed by atoms with Gasteiger partial charge in [0.1, 0.15) is 0 Å². The number of benzene rings is 7. The maximum atomic E-state index is 2.52. The summed E-state index contributed by atoms with van der Waals surface area (Å²) in [7, 11) is 0. The maximum Gasteiger partial charge on any atom is 0.0537 e. The average Bonchev–Trinajstić information content (AvgIpc) is 3.78. The monoisotopic (exact) mass is 712 g/mol. The number of thiophene rings is 1. The van der Waals surface area contributed by atoms with Gasteiger partial charge in [-0.15, -0.1) is 11.3 Å². The Morgan fingerprint density at radius 3 is 2.24 bits per heavy atom. The second-order valence-corrected chi connectivity index (χ2v) is 16.2. The van der Waals surface area contributed by atoms with E-state index in [2.05, 4.69) is 186 Å². The SMILES string of the molecule is CC1c2c(n(-c3ccc4c(ccc5ccc6sc7ccccc7c6c54)c3)c3ccccc23)C=CC1c1ccc(N(c2ccccc2)C2C=CCCC2)cc1. The van der Waals surface area contributed by atoms with Crippen LogP contribution in [0.25, 0.3) is 64.4 Å². The van der Waals surface area contributed by atoms with Crippen molar-refractivity contribution in [2.24, 2.45) is 0 Å². The lowest BCUT2D eigenvalue weighted by atomic mass is 9.78. The first-order chi connectivity index (χ1) is 26.7. The van der Waals surface area contributed by atoms with Crippen molar-refractivity contribution in [3.63, 3.8) is 0 Å². The standard InChI is InChI=1S/C51H40N2S/c1-33-41(34-22-25-39(26-23-34)52(37-12-4-2-5-13-37)38-14-6-3-7-15-38)29-30-46-49(33)43-16-8-10-18-45(43)53(46)40-27-28-42-36(32-40)21-20-35-24-31-48-51(50(35)42)44-17-9-11-19-47(44)54-48/h2,4-6,8-14,16-33,38,41H,3,7,15H2,1H3. The molecule has 0 radical (unpaired) electrons. The summed E-state index contributed by atoms with van der Waals surface area (Å²) < 4.78 is 5.19. The molecule has 7 aromatic carbocycles. The quantitative estimate of drug-likeness (QED) is 0.127. The van der Waals surface area contributed by atoms with E-state index >= 15 is 0 Å². The van der Waals surface area contributed by atoms with Crippen molar-refractivity contribution in [3.05, 3.63) is 181 Å². The van der Waals surface area contributed by atoms with E-state index in [4.69, 9.17) is 0 Å². The summed E-state index contributed by atoms with van der Waals surface area (Å²) in [4.78, 5) is 2.52. The minimum Gasteiger partial charge on any atom is -0.335 e. The van der Waals surface area contributed by atoms with Crippen LogP contribution in [0.1, 0.15) is 54.8 Å². The van der Waals surface area contributed by atoms with Crippen LogP contribution >= 0.6 is 11.3 Å². The molecule has 3 unspecified atom stereocenters. The van der Waals surface area contributed by atoms with Crippen molar-refractivity contribution in [1.82, 2.24) is 4.57 Å². The van der Waals surface area contributed by atoms with Gasteiger partial charge in [-0.2, -0.15) is 0 Å². The highest BCUT2D eigenvalue weighted by Gasteiger charge is 2.30. The van der Waals surface area contributed by atoms with E-state index in [1.54, 1.807) is 0 Å². The fourth-order valence-corrected chi connectivity index (χ4v) is 10.7. The van der Waals surface area contributed by atoms with Crippen molar-refractivity contribution in [1.29, 1.82) is 0 Å². The lowest BCUT2D eigenvalue weighted by Gasteiger charge is -2.34. The topological polar surface area (TPSA) is 8.17 Å². The summed E-state index contributed by atoms with van der Waals surface area (Å²) in [6.45, 7) is 2.42. The highest BCUT2D eigenvalue weighted by atomic mass is 32.1. The first-order valence-electron chi connectivity index (χ1n) is 19.4. The number of anilines is 2. The number of hydrogen-bond donors (Lipinski definition) is 0. The summed E-state index contributed by atoms with van der Waals surface area (Å²) >= 11 is 1.89. The zero-order valence-electron chi connectivity index (χ0n) is 30.3. The third-order valence-electron chi connectivity index (χ3n) is 12.1. The van der Waals surface area contributed by atoms with Crippen LogP contribution in [0.4, 0.5) is 11.4 Å². The first-order valence-corrected chi connectivity index (χ1v) is 20.2. The Balaban J connectivity index is 0.995. The summed E-state index contributed by atoms with van der Waals surface area (Å²) in [5.74, 6) is 0.606. The van der Waals surface area contributed by atoms with E-state index in [0.717, 1.165) is 0 Å². The number of para-hydroxylation sites is 2. The molecule has 0 spiro atoms. The second-order valence-electron chi connectivity index (χ2n) is 15.2. The Kier molecular flexibility index (Phi) is 7.38. The number of fused-ring (bicyclic) bond motifs is 10. The third kappa shape index (κ3) is 4.92. The number of rotatable bonds is 5. The third-order valence-corrected chi connectivity index (χ3v) is 13.3. The van der Waals surface area contributed by atoms with Crippen molar-refractivity contribution in [2.45, 2.75) is 44.1 Å². The number of allylic oxidation sites excluding steroid dienone is 2. The molecular formula is C51H40N2S. The van der Waals surface area contributed by atoms with Crippen molar-refractivity contribution >= 4 is 81.4 Å². The largest absolute Gasteiger partial charge is 0.335 e. The van der Waals surface area contributed by atoms with E-state index in [-0.39, 0.29) is 5.92 Å². The number of aromatic nitrogens is 1. The molecule has 0 saturated heterocycles. The van der Waals surface area contributed by atoms with Crippen LogP contribution in [-0.4, -0.2) is 10.6 Å². The molecular weight excluding hydrogens is 673 g/mol. The summed E-state index contributed by atoms with van der Waals surface area (Å²) in [5.41, 5.74) is 9.07. The van der Waals surface area contributed by atoms with Gasteiger partial charge in [-0.1, -0.05) is 116 Å². The molecule has 2 aliphatic carbocycles. The van der Waals surface area contributed by atoms with Gasteiger partial charge in [-0.25, -0.2) is 0 Å². The van der Waals surface area contributed by atoms with E-state index in [0.29, 0.717) is 12.0 Å². The van der Waals surface area contributed by atoms with Gasteiger partial charge >= 0.3 is 0 Å². The van der Waals surface area contributed by atoms with Crippen LogP contribution in [0, 0.1) is 0 Å². The van der Waals surface area contributed by atoms with Crippen molar-refractivity contribution < 1.29 is 0 Å². The Hall–Kier alpha value is -5.90. The van der Waals surface area contributed by atoms with Crippen LogP contribution in [0.2, 0.25) is 0 Å². The van der Waals surface area contributed by atoms with Gasteiger partial charge in [0.2, 0.25) is 0 Å². The summed E-state index contributed by atoms with van der Waals surface area (Å²) in [6, 6.07) is 54.8. The van der Waals surface area contributed by atoms with Gasteiger partial charge in [0, 0.05) is 48.5 Å². The minimum atomic E-state index is 0.288. The second kappa shape index (κ2) is 12.6. The molecule has 0 fully saturated rings. The zero-order valence-corrected chi connectivity index (χ0v) is 31.1. The van der Waals surface area contributed by atoms with Gasteiger partial charge in [-0.05, 0) is 119 Å². The number of hydrogen-bond acceptors (Lipinski definition) is 2. The molecule has 0 bridgehead atoms. The lowest BCUT2D eigenvalue weighted by Crippen LogP contribution is -2.30. The molecule has 0 aliphatic heterocycles. The molecule has 3 atom stereocenters. The molecule has 3 heteroatoms. The van der Waals surface area contributed by atoms with E-state index in [9.17, 15) is 0 Å². The normalized spacial score (nSPS) is 18.3. The Bertz CT molecular complexity index is 2940. The Labute approximate surface area is 319 Å². The first kappa shape index (κ1) is 31.6. The van der Waals surface area contributed by atoms with Crippen LogP contribution in [0.5, 0.6) is 0 Å². The molecule has 2 nitrogen and oxygen atoms in total.